The maximum Gasteiger partial charge on any atom is 2.00 e. The summed E-state index contributed by atoms with van der Waals surface area (Å²) in [4.78, 5) is 0. The summed E-state index contributed by atoms with van der Waals surface area (Å²) in [5, 5.41) is 0. The molecule has 0 heterocycles. The van der Waals surface area contributed by atoms with Crippen molar-refractivity contribution >= 4 is 46.0 Å². The van der Waals surface area contributed by atoms with Gasteiger partial charge >= 0.3 is 34.6 Å². The Bertz CT molecular complexity index is 78.4. The van der Waals surface area contributed by atoms with Gasteiger partial charge in [0.25, 0.3) is 0 Å². The van der Waals surface area contributed by atoms with Crippen LogP contribution in [0.2, 0.25) is 0 Å². The molecular formula is MgO5S2. The zero-order valence-electron chi connectivity index (χ0n) is 3.56. The number of rotatable bonds is 0. The zero-order valence-corrected chi connectivity index (χ0v) is 6.61. The summed E-state index contributed by atoms with van der Waals surface area (Å²) in [7, 11) is 0. The molecule has 0 saturated carbocycles. The van der Waals surface area contributed by atoms with Crippen molar-refractivity contribution in [2.45, 2.75) is 0 Å². The van der Waals surface area contributed by atoms with E-state index < -0.39 is 22.9 Å². The molecule has 0 fully saturated rings. The molecule has 0 saturated heterocycles. The van der Waals surface area contributed by atoms with Gasteiger partial charge in [0, 0.05) is 0 Å². The monoisotopic (exact) mass is 168 g/mol. The molecule has 0 aliphatic carbocycles. The Morgan fingerprint density at radius 1 is 1.25 bits per heavy atom. The predicted octanol–water partition coefficient (Wildman–Crippen LogP) is -2.06. The van der Waals surface area contributed by atoms with Crippen LogP contribution in [0.3, 0.4) is 0 Å². The van der Waals surface area contributed by atoms with Crippen LogP contribution in [-0.2, 0) is 22.9 Å². The first-order chi connectivity index (χ1) is 3.15. The van der Waals surface area contributed by atoms with Gasteiger partial charge in [-0.05, 0) is 0 Å². The molecule has 5 nitrogen and oxygen atoms in total. The third kappa shape index (κ3) is 494. The summed E-state index contributed by atoms with van der Waals surface area (Å²) in [5.74, 6) is 0. The van der Waals surface area contributed by atoms with Gasteiger partial charge < -0.3 is 9.11 Å². The first-order valence-corrected chi connectivity index (χ1v) is 2.50. The van der Waals surface area contributed by atoms with E-state index in [1.807, 2.05) is 0 Å². The van der Waals surface area contributed by atoms with Crippen LogP contribution in [0.1, 0.15) is 0 Å². The maximum atomic E-state index is 8.44. The average molecular weight is 168 g/mol. The minimum atomic E-state index is -3.11. The molecule has 0 rings (SSSR count). The summed E-state index contributed by atoms with van der Waals surface area (Å²) < 4.78 is 41.9. The molecule has 0 bridgehead atoms. The van der Waals surface area contributed by atoms with Crippen molar-refractivity contribution < 1.29 is 21.7 Å². The Kier molecular flexibility index (Phi) is 31.0. The van der Waals surface area contributed by atoms with Gasteiger partial charge in [0.1, 0.15) is 0 Å². The quantitative estimate of drug-likeness (QED) is 0.306. The van der Waals surface area contributed by atoms with Crippen LogP contribution in [0.4, 0.5) is 0 Å². The molecule has 0 aliphatic rings. The molecule has 0 aromatic heterocycles. The Hall–Kier alpha value is 0.656. The molecule has 0 aromatic rings. The Balaban J connectivity index is -0.0000000575. The van der Waals surface area contributed by atoms with Crippen LogP contribution in [0, 0.1) is 0 Å². The van der Waals surface area contributed by atoms with Gasteiger partial charge in [-0.15, -0.1) is 11.4 Å². The van der Waals surface area contributed by atoms with Gasteiger partial charge in [-0.1, -0.05) is 0 Å². The first kappa shape index (κ1) is 15.9. The fourth-order valence-electron chi connectivity index (χ4n) is 0. The first-order valence-electron chi connectivity index (χ1n) is 0.833. The van der Waals surface area contributed by atoms with E-state index in [-0.39, 0.29) is 23.1 Å². The van der Waals surface area contributed by atoms with Crippen LogP contribution in [0.15, 0.2) is 0 Å². The predicted molar refractivity (Wildman–Crippen MR) is 24.4 cm³/mol. The largest absolute Gasteiger partial charge is 2.00 e. The van der Waals surface area contributed by atoms with E-state index in [9.17, 15) is 0 Å². The molecule has 0 atom stereocenters. The van der Waals surface area contributed by atoms with Crippen molar-refractivity contribution in [3.8, 4) is 0 Å². The maximum absolute atomic E-state index is 8.44. The molecule has 0 N–H and O–H groups in total. The van der Waals surface area contributed by atoms with Crippen molar-refractivity contribution in [2.75, 3.05) is 0 Å². The minimum absolute atomic E-state index is 0. The summed E-state index contributed by atoms with van der Waals surface area (Å²) in [5.41, 5.74) is 0. The molecular weight excluding hydrogens is 168 g/mol. The van der Waals surface area contributed by atoms with Crippen molar-refractivity contribution in [3.63, 3.8) is 0 Å². The van der Waals surface area contributed by atoms with Crippen LogP contribution in [0.5, 0.6) is 0 Å². The molecule has 0 aromatic carbocycles. The van der Waals surface area contributed by atoms with Crippen molar-refractivity contribution in [3.05, 3.63) is 0 Å². The second-order valence-corrected chi connectivity index (χ2v) is 0.816. The van der Waals surface area contributed by atoms with Crippen molar-refractivity contribution in [2.24, 2.45) is 0 Å². The average Bonchev–Trinajstić information content (AvgIpc) is 1.33. The van der Waals surface area contributed by atoms with E-state index in [1.54, 1.807) is 0 Å². The molecule has 8 heavy (non-hydrogen) atoms. The summed E-state index contributed by atoms with van der Waals surface area (Å²) in [6.07, 6.45) is 0. The third-order valence-corrected chi connectivity index (χ3v) is 0. The van der Waals surface area contributed by atoms with E-state index in [2.05, 4.69) is 0 Å². The van der Waals surface area contributed by atoms with E-state index in [0.717, 1.165) is 0 Å². The molecule has 8 heteroatoms. The van der Waals surface area contributed by atoms with Crippen LogP contribution < -0.4 is 0 Å². The van der Waals surface area contributed by atoms with Gasteiger partial charge in [0.15, 0.2) is 0 Å². The standard InChI is InChI=1S/Mg.H2O3S.O2S/c;1-4(2)3;1-3-2/h;(H2,1,2,3);/q+2;;/p-2. The van der Waals surface area contributed by atoms with Crippen LogP contribution in [0.25, 0.3) is 0 Å². The van der Waals surface area contributed by atoms with Gasteiger partial charge in [-0.2, -0.15) is 8.42 Å². The molecule has 44 valence electrons. The minimum Gasteiger partial charge on any atom is -0.784 e. The SMILES string of the molecule is O=S([O-])[O-].O=S=O.[Mg+2]. The smallest absolute Gasteiger partial charge is 0.784 e. The zero-order chi connectivity index (χ0) is 6.28. The number of hydrogen-bond donors (Lipinski definition) is 0. The fourth-order valence-corrected chi connectivity index (χ4v) is 0. The van der Waals surface area contributed by atoms with Crippen molar-refractivity contribution in [1.29, 1.82) is 0 Å². The summed E-state index contributed by atoms with van der Waals surface area (Å²) in [6.45, 7) is 0. The van der Waals surface area contributed by atoms with Crippen LogP contribution in [-0.4, -0.2) is 44.8 Å². The fraction of sp³-hybridized carbons (Fsp3) is 0. The molecule has 0 amide bonds. The van der Waals surface area contributed by atoms with Crippen LogP contribution >= 0.6 is 0 Å². The van der Waals surface area contributed by atoms with E-state index in [4.69, 9.17) is 21.7 Å². The number of hydrogen-bond acceptors (Lipinski definition) is 5. The topological polar surface area (TPSA) is 97.3 Å². The Labute approximate surface area is 67.7 Å². The Morgan fingerprint density at radius 2 is 1.25 bits per heavy atom. The van der Waals surface area contributed by atoms with E-state index in [0.29, 0.717) is 0 Å². The normalized spacial score (nSPS) is 5.88. The van der Waals surface area contributed by atoms with Crippen molar-refractivity contribution in [1.82, 2.24) is 0 Å². The van der Waals surface area contributed by atoms with Gasteiger partial charge in [0.05, 0.1) is 0 Å². The summed E-state index contributed by atoms with van der Waals surface area (Å²) >= 11 is -3.86. The van der Waals surface area contributed by atoms with Gasteiger partial charge in [-0.3, -0.25) is 4.21 Å². The van der Waals surface area contributed by atoms with E-state index in [1.165, 1.54) is 0 Å². The van der Waals surface area contributed by atoms with E-state index >= 15 is 0 Å². The molecule has 0 radical (unpaired) electrons. The molecule has 0 aliphatic heterocycles. The van der Waals surface area contributed by atoms with Gasteiger partial charge in [-0.25, -0.2) is 0 Å². The summed E-state index contributed by atoms with van der Waals surface area (Å²) in [6, 6.07) is 0. The molecule has 0 unspecified atom stereocenters. The second-order valence-electron chi connectivity index (χ2n) is 0.272. The molecule has 0 spiro atoms. The van der Waals surface area contributed by atoms with Gasteiger partial charge in [0.2, 0.25) is 0 Å². The third-order valence-electron chi connectivity index (χ3n) is 0. The Morgan fingerprint density at radius 3 is 1.25 bits per heavy atom. The second kappa shape index (κ2) is 15.6.